The first kappa shape index (κ1) is 16.0. The summed E-state index contributed by atoms with van der Waals surface area (Å²) in [6, 6.07) is 4.04. The van der Waals surface area contributed by atoms with Gasteiger partial charge in [-0.2, -0.15) is 13.2 Å². The van der Waals surface area contributed by atoms with Crippen LogP contribution in [0.3, 0.4) is 0 Å². The molecule has 0 aliphatic heterocycles. The van der Waals surface area contributed by atoms with Gasteiger partial charge in [0.05, 0.1) is 0 Å². The lowest BCUT2D eigenvalue weighted by molar-refractivity contribution is -0.174. The quantitative estimate of drug-likeness (QED) is 0.743. The molecule has 0 fully saturated rings. The Kier molecular flexibility index (Phi) is 6.37. The van der Waals surface area contributed by atoms with Crippen LogP contribution in [-0.2, 0) is 17.7 Å². The molecule has 1 aromatic heterocycles. The standard InChI is InChI=1S/C13H21F3N2O/c1-2-11(17)9-12-5-3-6-18(12)7-4-8-19-10-13(14,15)16/h3,5-6,11H,2,4,7-10,17H2,1H3. The van der Waals surface area contributed by atoms with E-state index in [-0.39, 0.29) is 12.6 Å². The highest BCUT2D eigenvalue weighted by atomic mass is 19.4. The van der Waals surface area contributed by atoms with Crippen LogP contribution >= 0.6 is 0 Å². The van der Waals surface area contributed by atoms with E-state index >= 15 is 0 Å². The molecular formula is C13H21F3N2O. The number of alkyl halides is 3. The molecule has 0 spiro atoms. The van der Waals surface area contributed by atoms with E-state index in [9.17, 15) is 13.2 Å². The van der Waals surface area contributed by atoms with Crippen molar-refractivity contribution in [3.05, 3.63) is 24.0 Å². The molecule has 1 atom stereocenters. The van der Waals surface area contributed by atoms with Gasteiger partial charge in [0.25, 0.3) is 0 Å². The van der Waals surface area contributed by atoms with E-state index < -0.39 is 12.8 Å². The summed E-state index contributed by atoms with van der Waals surface area (Å²) < 4.78 is 42.2. The van der Waals surface area contributed by atoms with Crippen molar-refractivity contribution < 1.29 is 17.9 Å². The topological polar surface area (TPSA) is 40.2 Å². The Labute approximate surface area is 111 Å². The molecular weight excluding hydrogens is 257 g/mol. The highest BCUT2D eigenvalue weighted by Crippen LogP contribution is 2.14. The Morgan fingerprint density at radius 1 is 1.42 bits per heavy atom. The Bertz CT molecular complexity index is 363. The molecule has 19 heavy (non-hydrogen) atoms. The van der Waals surface area contributed by atoms with Crippen LogP contribution in [0.15, 0.2) is 18.3 Å². The van der Waals surface area contributed by atoms with E-state index in [0.29, 0.717) is 13.0 Å². The molecule has 0 bridgehead atoms. The van der Waals surface area contributed by atoms with Crippen molar-refractivity contribution in [2.45, 2.75) is 44.9 Å². The normalized spacial score (nSPS) is 13.7. The second-order valence-corrected chi connectivity index (χ2v) is 4.59. The largest absolute Gasteiger partial charge is 0.411 e. The zero-order valence-corrected chi connectivity index (χ0v) is 11.1. The number of aromatic nitrogens is 1. The number of rotatable bonds is 8. The van der Waals surface area contributed by atoms with Crippen molar-refractivity contribution in [3.8, 4) is 0 Å². The number of hydrogen-bond acceptors (Lipinski definition) is 2. The Balaban J connectivity index is 2.28. The van der Waals surface area contributed by atoms with Crippen LogP contribution in [-0.4, -0.2) is 30.0 Å². The summed E-state index contributed by atoms with van der Waals surface area (Å²) in [5, 5.41) is 0. The second-order valence-electron chi connectivity index (χ2n) is 4.59. The average Bonchev–Trinajstić information content (AvgIpc) is 2.74. The SMILES string of the molecule is CCC(N)Cc1cccn1CCCOCC(F)(F)F. The molecule has 1 rings (SSSR count). The summed E-state index contributed by atoms with van der Waals surface area (Å²) in [5.41, 5.74) is 7.01. The fourth-order valence-corrected chi connectivity index (χ4v) is 1.79. The van der Waals surface area contributed by atoms with Crippen LogP contribution in [0.4, 0.5) is 13.2 Å². The van der Waals surface area contributed by atoms with Gasteiger partial charge >= 0.3 is 6.18 Å². The minimum Gasteiger partial charge on any atom is -0.372 e. The molecule has 0 saturated carbocycles. The molecule has 0 aromatic carbocycles. The Hall–Kier alpha value is -1.01. The van der Waals surface area contributed by atoms with Crippen LogP contribution in [0.1, 0.15) is 25.5 Å². The van der Waals surface area contributed by atoms with Gasteiger partial charge in [0.15, 0.2) is 0 Å². The second kappa shape index (κ2) is 7.55. The minimum atomic E-state index is -4.24. The lowest BCUT2D eigenvalue weighted by atomic mass is 10.1. The first-order chi connectivity index (χ1) is 8.92. The molecule has 6 heteroatoms. The van der Waals surface area contributed by atoms with Crippen LogP contribution < -0.4 is 5.73 Å². The molecule has 2 N–H and O–H groups in total. The van der Waals surface area contributed by atoms with E-state index in [2.05, 4.69) is 4.74 Å². The van der Waals surface area contributed by atoms with Gasteiger partial charge in [-0.3, -0.25) is 0 Å². The van der Waals surface area contributed by atoms with Gasteiger partial charge in [-0.05, 0) is 25.0 Å². The number of ether oxygens (including phenoxy) is 1. The van der Waals surface area contributed by atoms with Crippen LogP contribution in [0, 0.1) is 0 Å². The lowest BCUT2D eigenvalue weighted by Crippen LogP contribution is -2.23. The fourth-order valence-electron chi connectivity index (χ4n) is 1.79. The van der Waals surface area contributed by atoms with Crippen LogP contribution in [0.2, 0.25) is 0 Å². The Morgan fingerprint density at radius 2 is 2.16 bits per heavy atom. The maximum absolute atomic E-state index is 11.9. The zero-order valence-electron chi connectivity index (χ0n) is 11.1. The number of aryl methyl sites for hydroxylation is 1. The lowest BCUT2D eigenvalue weighted by Gasteiger charge is -2.13. The third kappa shape index (κ3) is 6.63. The minimum absolute atomic E-state index is 0.108. The molecule has 0 aliphatic rings. The van der Waals surface area contributed by atoms with E-state index in [0.717, 1.165) is 18.5 Å². The summed E-state index contributed by atoms with van der Waals surface area (Å²) in [6.07, 6.45) is -0.0834. The summed E-state index contributed by atoms with van der Waals surface area (Å²) in [7, 11) is 0. The van der Waals surface area contributed by atoms with E-state index in [4.69, 9.17) is 5.73 Å². The van der Waals surface area contributed by atoms with Crippen molar-refractivity contribution in [2.24, 2.45) is 5.73 Å². The van der Waals surface area contributed by atoms with E-state index in [1.54, 1.807) is 0 Å². The van der Waals surface area contributed by atoms with Gasteiger partial charge in [-0.25, -0.2) is 0 Å². The van der Waals surface area contributed by atoms with Crippen LogP contribution in [0.5, 0.6) is 0 Å². The van der Waals surface area contributed by atoms with Crippen LogP contribution in [0.25, 0.3) is 0 Å². The Morgan fingerprint density at radius 3 is 2.79 bits per heavy atom. The summed E-state index contributed by atoms with van der Waals surface area (Å²) in [6.45, 7) is 1.61. The van der Waals surface area contributed by atoms with Gasteiger partial charge < -0.3 is 15.0 Å². The first-order valence-corrected chi connectivity index (χ1v) is 6.46. The number of halogens is 3. The molecule has 1 unspecified atom stereocenters. The van der Waals surface area contributed by atoms with Gasteiger partial charge in [-0.15, -0.1) is 0 Å². The van der Waals surface area contributed by atoms with Crippen molar-refractivity contribution >= 4 is 0 Å². The molecule has 3 nitrogen and oxygen atoms in total. The van der Waals surface area contributed by atoms with Crippen molar-refractivity contribution in [1.29, 1.82) is 0 Å². The first-order valence-electron chi connectivity index (χ1n) is 6.46. The smallest absolute Gasteiger partial charge is 0.372 e. The van der Waals surface area contributed by atoms with Gasteiger partial charge in [0.1, 0.15) is 6.61 Å². The fraction of sp³-hybridized carbons (Fsp3) is 0.692. The van der Waals surface area contributed by atoms with Crippen molar-refractivity contribution in [2.75, 3.05) is 13.2 Å². The van der Waals surface area contributed by atoms with Crippen molar-refractivity contribution in [1.82, 2.24) is 4.57 Å². The molecule has 1 aromatic rings. The van der Waals surface area contributed by atoms with E-state index in [1.165, 1.54) is 0 Å². The monoisotopic (exact) mass is 278 g/mol. The number of nitrogens with zero attached hydrogens (tertiary/aromatic N) is 1. The predicted octanol–water partition coefficient (Wildman–Crippen LogP) is 2.74. The average molecular weight is 278 g/mol. The highest BCUT2D eigenvalue weighted by Gasteiger charge is 2.27. The van der Waals surface area contributed by atoms with Gasteiger partial charge in [0, 0.05) is 37.5 Å². The van der Waals surface area contributed by atoms with Crippen molar-refractivity contribution in [3.63, 3.8) is 0 Å². The zero-order chi connectivity index (χ0) is 14.3. The predicted molar refractivity (Wildman–Crippen MR) is 67.9 cm³/mol. The summed E-state index contributed by atoms with van der Waals surface area (Å²) in [4.78, 5) is 0. The molecule has 0 aliphatic carbocycles. The highest BCUT2D eigenvalue weighted by molar-refractivity contribution is 5.08. The summed E-state index contributed by atoms with van der Waals surface area (Å²) in [5.74, 6) is 0. The van der Waals surface area contributed by atoms with E-state index in [1.807, 2.05) is 29.8 Å². The maximum atomic E-state index is 11.9. The third-order valence-electron chi connectivity index (χ3n) is 2.87. The molecule has 110 valence electrons. The number of nitrogens with two attached hydrogens (primary N) is 1. The molecule has 1 heterocycles. The molecule has 0 amide bonds. The van der Waals surface area contributed by atoms with Gasteiger partial charge in [0.2, 0.25) is 0 Å². The third-order valence-corrected chi connectivity index (χ3v) is 2.87. The molecule has 0 radical (unpaired) electrons. The van der Waals surface area contributed by atoms with Gasteiger partial charge in [-0.1, -0.05) is 6.92 Å². The molecule has 0 saturated heterocycles. The number of hydrogen-bond donors (Lipinski definition) is 1. The summed E-state index contributed by atoms with van der Waals surface area (Å²) >= 11 is 0. The maximum Gasteiger partial charge on any atom is 0.411 e.